The number of cyclic esters (lactones) is 1. The number of esters is 1. The highest BCUT2D eigenvalue weighted by Gasteiger charge is 2.53. The summed E-state index contributed by atoms with van der Waals surface area (Å²) in [5.74, 6) is 0.312. The molecule has 11 nitrogen and oxygen atoms in total. The number of amides is 1. The minimum atomic E-state index is -0.366. The predicted octanol–water partition coefficient (Wildman–Crippen LogP) is 2.29. The summed E-state index contributed by atoms with van der Waals surface area (Å²) in [6.45, 7) is 2.92. The van der Waals surface area contributed by atoms with Crippen LogP contribution in [0.4, 0.5) is 5.82 Å². The number of rotatable bonds is 7. The standard InChI is InChI=1S/C21H28N8O3/c1-14-10-21(20(31)29(14)17-9-19(30)32-12-17)7-5-16(6-8-21)28(2)11-15-3-4-18(26-25-15)23-13-24-27-22/h3-4,9,13-14,16H,5-8,10-12H2,1-2H3,(H2,22,23,24,26)/t14-,16-,21-/m0/s1. The fourth-order valence-corrected chi connectivity index (χ4v) is 5.16. The summed E-state index contributed by atoms with van der Waals surface area (Å²) in [5.41, 5.74) is 7.83. The van der Waals surface area contributed by atoms with E-state index in [1.54, 1.807) is 11.0 Å². The van der Waals surface area contributed by atoms with E-state index in [9.17, 15) is 9.59 Å². The molecule has 11 heteroatoms. The van der Waals surface area contributed by atoms with Gasteiger partial charge in [0.25, 0.3) is 0 Å². The fraction of sp³-hybridized carbons (Fsp3) is 0.571. The third-order valence-corrected chi connectivity index (χ3v) is 6.75. The van der Waals surface area contributed by atoms with Gasteiger partial charge in [-0.3, -0.25) is 9.69 Å². The second-order valence-electron chi connectivity index (χ2n) is 8.80. The molecular weight excluding hydrogens is 412 g/mol. The second kappa shape index (κ2) is 9.11. The summed E-state index contributed by atoms with van der Waals surface area (Å²) in [5, 5.41) is 17.4. The average molecular weight is 441 g/mol. The summed E-state index contributed by atoms with van der Waals surface area (Å²) >= 11 is 0. The van der Waals surface area contributed by atoms with Gasteiger partial charge in [-0.25, -0.2) is 4.79 Å². The van der Waals surface area contributed by atoms with Crippen LogP contribution in [-0.2, 0) is 20.9 Å². The first-order valence-corrected chi connectivity index (χ1v) is 10.8. The molecular formula is C21H28N8O3. The molecule has 3 aliphatic rings. The summed E-state index contributed by atoms with van der Waals surface area (Å²) < 4.78 is 5.02. The van der Waals surface area contributed by atoms with E-state index in [1.165, 1.54) is 12.4 Å². The molecule has 0 unspecified atom stereocenters. The molecule has 4 rings (SSSR count). The number of ether oxygens (including phenoxy) is 1. The van der Waals surface area contributed by atoms with Crippen molar-refractivity contribution in [3.63, 3.8) is 0 Å². The van der Waals surface area contributed by atoms with Gasteiger partial charge in [0.2, 0.25) is 5.91 Å². The molecule has 1 aliphatic carbocycles. The van der Waals surface area contributed by atoms with Gasteiger partial charge < -0.3 is 15.0 Å². The first kappa shape index (κ1) is 22.0. The topological polar surface area (TPSA) is 136 Å². The molecule has 1 amide bonds. The Balaban J connectivity index is 1.33. The van der Waals surface area contributed by atoms with Gasteiger partial charge >= 0.3 is 5.97 Å². The molecule has 1 saturated carbocycles. The number of nitrogens with one attached hydrogen (secondary N) is 2. The lowest BCUT2D eigenvalue weighted by Crippen LogP contribution is -2.42. The van der Waals surface area contributed by atoms with Crippen LogP contribution < -0.4 is 5.32 Å². The van der Waals surface area contributed by atoms with Gasteiger partial charge in [-0.15, -0.1) is 10.2 Å². The molecule has 2 fully saturated rings. The van der Waals surface area contributed by atoms with E-state index in [-0.39, 0.29) is 29.9 Å². The van der Waals surface area contributed by atoms with Gasteiger partial charge in [-0.1, -0.05) is 5.22 Å². The van der Waals surface area contributed by atoms with E-state index in [4.69, 9.17) is 10.3 Å². The Labute approximate surface area is 186 Å². The van der Waals surface area contributed by atoms with Crippen molar-refractivity contribution in [1.29, 1.82) is 5.53 Å². The third-order valence-electron chi connectivity index (χ3n) is 6.75. The highest BCUT2D eigenvalue weighted by Crippen LogP contribution is 2.49. The average Bonchev–Trinajstić information content (AvgIpc) is 3.30. The summed E-state index contributed by atoms with van der Waals surface area (Å²) in [6.07, 6.45) is 7.13. The molecule has 1 atom stereocenters. The zero-order chi connectivity index (χ0) is 22.7. The molecule has 0 aromatic carbocycles. The number of anilines is 1. The molecule has 32 heavy (non-hydrogen) atoms. The monoisotopic (exact) mass is 440 g/mol. The van der Waals surface area contributed by atoms with Crippen LogP contribution in [0, 0.1) is 10.9 Å². The zero-order valence-electron chi connectivity index (χ0n) is 18.3. The van der Waals surface area contributed by atoms with Crippen LogP contribution >= 0.6 is 0 Å². The zero-order valence-corrected chi connectivity index (χ0v) is 18.3. The minimum absolute atomic E-state index is 0.0831. The number of hydrogen-bond acceptors (Lipinski definition) is 8. The van der Waals surface area contributed by atoms with Gasteiger partial charge in [0.05, 0.1) is 16.8 Å². The van der Waals surface area contributed by atoms with E-state index in [2.05, 4.69) is 44.7 Å². The summed E-state index contributed by atoms with van der Waals surface area (Å²) in [4.78, 5) is 28.9. The van der Waals surface area contributed by atoms with E-state index in [1.807, 2.05) is 6.07 Å². The van der Waals surface area contributed by atoms with E-state index in [0.717, 1.165) is 37.8 Å². The molecule has 3 heterocycles. The van der Waals surface area contributed by atoms with Crippen LogP contribution in [0.5, 0.6) is 0 Å². The largest absolute Gasteiger partial charge is 0.456 e. The third kappa shape index (κ3) is 4.38. The van der Waals surface area contributed by atoms with Crippen molar-refractivity contribution < 1.29 is 14.3 Å². The van der Waals surface area contributed by atoms with Crippen molar-refractivity contribution in [2.45, 2.75) is 57.7 Å². The van der Waals surface area contributed by atoms with Gasteiger partial charge in [0.1, 0.15) is 12.9 Å². The van der Waals surface area contributed by atoms with Gasteiger partial charge in [-0.05, 0) is 58.2 Å². The maximum absolute atomic E-state index is 13.3. The van der Waals surface area contributed by atoms with E-state index < -0.39 is 0 Å². The highest BCUT2D eigenvalue weighted by molar-refractivity contribution is 5.91. The maximum Gasteiger partial charge on any atom is 0.333 e. The van der Waals surface area contributed by atoms with Crippen LogP contribution in [0.25, 0.3) is 0 Å². The Hall–Kier alpha value is -3.21. The molecule has 170 valence electrons. The molecule has 2 N–H and O–H groups in total. The molecule has 0 radical (unpaired) electrons. The number of nitrogens with zero attached hydrogens (tertiary/aromatic N) is 6. The minimum Gasteiger partial charge on any atom is -0.456 e. The second-order valence-corrected chi connectivity index (χ2v) is 8.80. The molecule has 0 bridgehead atoms. The van der Waals surface area contributed by atoms with Crippen molar-refractivity contribution in [3.8, 4) is 0 Å². The van der Waals surface area contributed by atoms with Crippen LogP contribution in [0.15, 0.2) is 34.2 Å². The lowest BCUT2D eigenvalue weighted by molar-refractivity contribution is -0.138. The number of hydrogen-bond donors (Lipinski definition) is 2. The van der Waals surface area contributed by atoms with E-state index >= 15 is 0 Å². The SMILES string of the molecule is C[C@H]1C[C@]2(CC[C@@H](N(C)Cc3ccc(N/C=N\N=N)nn3)CC2)C(=O)N1C1=CC(=O)OC1. The van der Waals surface area contributed by atoms with Crippen LogP contribution in [0.2, 0.25) is 0 Å². The smallest absolute Gasteiger partial charge is 0.333 e. The molecule has 1 saturated heterocycles. The first-order chi connectivity index (χ1) is 15.4. The van der Waals surface area contributed by atoms with Crippen molar-refractivity contribution in [1.82, 2.24) is 20.0 Å². The molecule has 1 aromatic rings. The Kier molecular flexibility index (Phi) is 6.26. The lowest BCUT2D eigenvalue weighted by Gasteiger charge is -2.39. The van der Waals surface area contributed by atoms with Crippen LogP contribution in [0.1, 0.15) is 44.7 Å². The van der Waals surface area contributed by atoms with Crippen LogP contribution in [-0.4, -0.2) is 64.0 Å². The molecule has 1 aromatic heterocycles. The normalized spacial score (nSPS) is 28.0. The van der Waals surface area contributed by atoms with Gasteiger partial charge in [0, 0.05) is 24.7 Å². The highest BCUT2D eigenvalue weighted by atomic mass is 16.5. The van der Waals surface area contributed by atoms with Crippen LogP contribution in [0.3, 0.4) is 0 Å². The maximum atomic E-state index is 13.3. The Morgan fingerprint density at radius 2 is 2.12 bits per heavy atom. The summed E-state index contributed by atoms with van der Waals surface area (Å²) in [6, 6.07) is 4.17. The number of likely N-dealkylation sites (tertiary alicyclic amines) is 1. The molecule has 1 spiro atoms. The quantitative estimate of drug-likeness (QED) is 0.218. The summed E-state index contributed by atoms with van der Waals surface area (Å²) in [7, 11) is 2.08. The predicted molar refractivity (Wildman–Crippen MR) is 115 cm³/mol. The van der Waals surface area contributed by atoms with Gasteiger partial charge in [0.15, 0.2) is 5.82 Å². The fourth-order valence-electron chi connectivity index (χ4n) is 5.16. The van der Waals surface area contributed by atoms with Crippen molar-refractivity contribution in [2.75, 3.05) is 19.0 Å². The van der Waals surface area contributed by atoms with Crippen molar-refractivity contribution in [2.24, 2.45) is 15.7 Å². The number of aromatic nitrogens is 2. The van der Waals surface area contributed by atoms with Crippen molar-refractivity contribution in [3.05, 3.63) is 29.6 Å². The lowest BCUT2D eigenvalue weighted by atomic mass is 9.70. The first-order valence-electron chi connectivity index (χ1n) is 10.8. The Bertz CT molecular complexity index is 937. The van der Waals surface area contributed by atoms with Crippen molar-refractivity contribution >= 4 is 24.0 Å². The molecule has 2 aliphatic heterocycles. The van der Waals surface area contributed by atoms with E-state index in [0.29, 0.717) is 24.1 Å². The number of carbonyl (C=O) groups is 2. The Morgan fingerprint density at radius 1 is 1.34 bits per heavy atom. The number of carbonyl (C=O) groups excluding carboxylic acids is 2. The Morgan fingerprint density at radius 3 is 2.75 bits per heavy atom. The van der Waals surface area contributed by atoms with Gasteiger partial charge in [-0.2, -0.15) is 10.6 Å².